The van der Waals surface area contributed by atoms with Crippen LogP contribution in [-0.2, 0) is 4.74 Å². The lowest BCUT2D eigenvalue weighted by Crippen LogP contribution is -2.31. The van der Waals surface area contributed by atoms with Gasteiger partial charge in [0.05, 0.1) is 13.2 Å². The average molecular weight is 290 g/mol. The highest BCUT2D eigenvalue weighted by molar-refractivity contribution is 6.30. The molecule has 102 valence electrons. The Labute approximate surface area is 121 Å². The zero-order chi connectivity index (χ0) is 14.1. The number of alkyl carbamates (subject to hydrolysis) is 1. The van der Waals surface area contributed by atoms with Crippen LogP contribution in [-0.4, -0.2) is 13.2 Å². The molecule has 1 amide bonds. The van der Waals surface area contributed by atoms with Crippen molar-refractivity contribution in [2.75, 3.05) is 7.11 Å². The second-order valence-electron chi connectivity index (χ2n) is 4.39. The Morgan fingerprint density at radius 1 is 1.20 bits per heavy atom. The molecule has 0 spiro atoms. The van der Waals surface area contributed by atoms with E-state index in [-0.39, 0.29) is 6.04 Å². The Hall–Kier alpha value is -2.20. The van der Waals surface area contributed by atoms with E-state index >= 15 is 0 Å². The molecule has 2 aromatic carbocycles. The maximum Gasteiger partial charge on any atom is 0.407 e. The van der Waals surface area contributed by atoms with Gasteiger partial charge in [0, 0.05) is 16.1 Å². The van der Waals surface area contributed by atoms with Gasteiger partial charge in [-0.1, -0.05) is 29.8 Å². The molecule has 1 heterocycles. The summed E-state index contributed by atoms with van der Waals surface area (Å²) >= 11 is 6.04. The van der Waals surface area contributed by atoms with Crippen LogP contribution in [0.15, 0.2) is 42.5 Å². The standard InChI is InChI=1S/C15H12ClNO3/c1-19-15(18)17-14-10-4-2-3-5-12(10)20-13-7-6-9(16)8-11(13)14/h2-8,14H,1H3,(H,17,18)/t14-/m1/s1. The first-order valence-electron chi connectivity index (χ1n) is 6.10. The highest BCUT2D eigenvalue weighted by Gasteiger charge is 2.28. The summed E-state index contributed by atoms with van der Waals surface area (Å²) in [6.45, 7) is 0. The van der Waals surface area contributed by atoms with Crippen LogP contribution in [0, 0.1) is 0 Å². The fraction of sp³-hybridized carbons (Fsp3) is 0.133. The summed E-state index contributed by atoms with van der Waals surface area (Å²) < 4.78 is 10.5. The Morgan fingerprint density at radius 3 is 2.75 bits per heavy atom. The van der Waals surface area contributed by atoms with E-state index < -0.39 is 6.09 Å². The number of hydrogen-bond donors (Lipinski definition) is 1. The van der Waals surface area contributed by atoms with E-state index in [1.807, 2.05) is 24.3 Å². The van der Waals surface area contributed by atoms with Gasteiger partial charge in [-0.05, 0) is 24.3 Å². The minimum atomic E-state index is -0.502. The van der Waals surface area contributed by atoms with Crippen molar-refractivity contribution in [3.8, 4) is 11.5 Å². The highest BCUT2D eigenvalue weighted by Crippen LogP contribution is 2.43. The zero-order valence-electron chi connectivity index (χ0n) is 10.7. The third-order valence-electron chi connectivity index (χ3n) is 3.18. The van der Waals surface area contributed by atoms with Crippen molar-refractivity contribution in [2.24, 2.45) is 0 Å². The van der Waals surface area contributed by atoms with E-state index in [2.05, 4.69) is 10.1 Å². The Morgan fingerprint density at radius 2 is 1.95 bits per heavy atom. The van der Waals surface area contributed by atoms with E-state index in [0.29, 0.717) is 16.5 Å². The first kappa shape index (κ1) is 12.8. The number of benzene rings is 2. The molecule has 2 aromatic rings. The number of methoxy groups -OCH3 is 1. The van der Waals surface area contributed by atoms with Gasteiger partial charge in [0.1, 0.15) is 11.5 Å². The number of rotatable bonds is 1. The molecule has 1 atom stereocenters. The maximum absolute atomic E-state index is 11.6. The molecule has 0 radical (unpaired) electrons. The summed E-state index contributed by atoms with van der Waals surface area (Å²) in [7, 11) is 1.33. The number of fused-ring (bicyclic) bond motifs is 2. The van der Waals surface area contributed by atoms with Crippen molar-refractivity contribution < 1.29 is 14.3 Å². The van der Waals surface area contributed by atoms with Gasteiger partial charge in [0.2, 0.25) is 0 Å². The summed E-state index contributed by atoms with van der Waals surface area (Å²) in [5.74, 6) is 1.39. The molecule has 1 aliphatic rings. The minimum Gasteiger partial charge on any atom is -0.457 e. The minimum absolute atomic E-state index is 0.346. The van der Waals surface area contributed by atoms with E-state index in [0.717, 1.165) is 11.1 Å². The van der Waals surface area contributed by atoms with E-state index in [9.17, 15) is 4.79 Å². The van der Waals surface area contributed by atoms with Crippen LogP contribution in [0.25, 0.3) is 0 Å². The molecule has 0 aliphatic carbocycles. The molecular weight excluding hydrogens is 278 g/mol. The number of carbonyl (C=O) groups excluding carboxylic acids is 1. The van der Waals surface area contributed by atoms with Crippen LogP contribution in [0.4, 0.5) is 4.79 Å². The van der Waals surface area contributed by atoms with Crippen LogP contribution in [0.3, 0.4) is 0 Å². The van der Waals surface area contributed by atoms with Crippen molar-refractivity contribution in [3.05, 3.63) is 58.6 Å². The Kier molecular flexibility index (Phi) is 3.24. The van der Waals surface area contributed by atoms with E-state index in [4.69, 9.17) is 16.3 Å². The van der Waals surface area contributed by atoms with Gasteiger partial charge < -0.3 is 14.8 Å². The SMILES string of the molecule is COC(=O)N[C@@H]1c2ccccc2Oc2ccc(Cl)cc21. The summed E-state index contributed by atoms with van der Waals surface area (Å²) in [4.78, 5) is 11.6. The summed E-state index contributed by atoms with van der Waals surface area (Å²) in [5.41, 5.74) is 1.68. The van der Waals surface area contributed by atoms with Gasteiger partial charge in [-0.2, -0.15) is 0 Å². The molecule has 3 rings (SSSR count). The van der Waals surface area contributed by atoms with Gasteiger partial charge >= 0.3 is 6.09 Å². The number of para-hydroxylation sites is 1. The lowest BCUT2D eigenvalue weighted by atomic mass is 9.95. The molecule has 4 nitrogen and oxygen atoms in total. The lowest BCUT2D eigenvalue weighted by molar-refractivity contribution is 0.168. The second kappa shape index (κ2) is 5.06. The smallest absolute Gasteiger partial charge is 0.407 e. The quantitative estimate of drug-likeness (QED) is 0.866. The van der Waals surface area contributed by atoms with Crippen LogP contribution in [0.2, 0.25) is 5.02 Å². The van der Waals surface area contributed by atoms with E-state index in [1.165, 1.54) is 7.11 Å². The number of carbonyl (C=O) groups is 1. The third-order valence-corrected chi connectivity index (χ3v) is 3.42. The molecule has 5 heteroatoms. The van der Waals surface area contributed by atoms with Gasteiger partial charge in [0.25, 0.3) is 0 Å². The van der Waals surface area contributed by atoms with Crippen molar-refractivity contribution >= 4 is 17.7 Å². The second-order valence-corrected chi connectivity index (χ2v) is 4.83. The normalized spacial score (nSPS) is 15.6. The van der Waals surface area contributed by atoms with Crippen molar-refractivity contribution in [3.63, 3.8) is 0 Å². The average Bonchev–Trinajstić information content (AvgIpc) is 2.47. The number of ether oxygens (including phenoxy) is 2. The Balaban J connectivity index is 2.11. The fourth-order valence-corrected chi connectivity index (χ4v) is 2.45. The molecule has 0 fully saturated rings. The van der Waals surface area contributed by atoms with Crippen LogP contribution in [0.1, 0.15) is 17.2 Å². The summed E-state index contributed by atoms with van der Waals surface area (Å²) in [5, 5.41) is 3.39. The lowest BCUT2D eigenvalue weighted by Gasteiger charge is -2.28. The third kappa shape index (κ3) is 2.18. The number of nitrogens with one attached hydrogen (secondary N) is 1. The van der Waals surface area contributed by atoms with Crippen LogP contribution in [0.5, 0.6) is 11.5 Å². The molecule has 1 aliphatic heterocycles. The monoisotopic (exact) mass is 289 g/mol. The molecule has 0 saturated carbocycles. The maximum atomic E-state index is 11.6. The largest absolute Gasteiger partial charge is 0.457 e. The predicted molar refractivity (Wildman–Crippen MR) is 75.4 cm³/mol. The Bertz CT molecular complexity index is 672. The predicted octanol–water partition coefficient (Wildman–Crippen LogP) is 3.89. The fourth-order valence-electron chi connectivity index (χ4n) is 2.27. The van der Waals surface area contributed by atoms with Crippen LogP contribution < -0.4 is 10.1 Å². The topological polar surface area (TPSA) is 47.6 Å². The molecule has 0 bridgehead atoms. The van der Waals surface area contributed by atoms with Crippen molar-refractivity contribution in [1.82, 2.24) is 5.32 Å². The molecule has 0 aromatic heterocycles. The first-order chi connectivity index (χ1) is 9.69. The van der Waals surface area contributed by atoms with Gasteiger partial charge in [-0.3, -0.25) is 0 Å². The first-order valence-corrected chi connectivity index (χ1v) is 6.47. The number of halogens is 1. The molecular formula is C15H12ClNO3. The highest BCUT2D eigenvalue weighted by atomic mass is 35.5. The zero-order valence-corrected chi connectivity index (χ0v) is 11.5. The number of amides is 1. The number of hydrogen-bond acceptors (Lipinski definition) is 3. The van der Waals surface area contributed by atoms with Gasteiger partial charge in [-0.25, -0.2) is 4.79 Å². The van der Waals surface area contributed by atoms with Crippen molar-refractivity contribution in [1.29, 1.82) is 0 Å². The summed E-state index contributed by atoms with van der Waals surface area (Å²) in [6.07, 6.45) is -0.502. The molecule has 0 unspecified atom stereocenters. The molecule has 0 saturated heterocycles. The van der Waals surface area contributed by atoms with Crippen LogP contribution >= 0.6 is 11.6 Å². The van der Waals surface area contributed by atoms with Crippen molar-refractivity contribution in [2.45, 2.75) is 6.04 Å². The van der Waals surface area contributed by atoms with E-state index in [1.54, 1.807) is 18.2 Å². The molecule has 1 N–H and O–H groups in total. The molecule has 20 heavy (non-hydrogen) atoms. The van der Waals surface area contributed by atoms with Gasteiger partial charge in [-0.15, -0.1) is 0 Å². The summed E-state index contributed by atoms with van der Waals surface area (Å²) in [6, 6.07) is 12.5. The van der Waals surface area contributed by atoms with Gasteiger partial charge in [0.15, 0.2) is 0 Å².